The van der Waals surface area contributed by atoms with Gasteiger partial charge in [-0.3, -0.25) is 4.99 Å². The van der Waals surface area contributed by atoms with Crippen molar-refractivity contribution >= 4 is 11.5 Å². The van der Waals surface area contributed by atoms with Gasteiger partial charge in [0.25, 0.3) is 5.92 Å². The van der Waals surface area contributed by atoms with E-state index in [0.717, 1.165) is 50.0 Å². The molecule has 2 aromatic carbocycles. The molecule has 138 valence electrons. The number of nitrogens with two attached hydrogens (primary N) is 1. The zero-order chi connectivity index (χ0) is 18.6. The zero-order valence-corrected chi connectivity index (χ0v) is 14.8. The van der Waals surface area contributed by atoms with Crippen molar-refractivity contribution in [3.63, 3.8) is 0 Å². The number of aliphatic imine (C=N–C) groups is 1. The van der Waals surface area contributed by atoms with Crippen molar-refractivity contribution in [2.75, 3.05) is 31.2 Å². The molecular weight excluding hydrogens is 336 g/mol. The van der Waals surface area contributed by atoms with Crippen LogP contribution in [0.3, 0.4) is 0 Å². The van der Waals surface area contributed by atoms with Gasteiger partial charge in [0.2, 0.25) is 0 Å². The van der Waals surface area contributed by atoms with E-state index in [2.05, 4.69) is 9.89 Å². The topological polar surface area (TPSA) is 50.8 Å². The first-order valence-corrected chi connectivity index (χ1v) is 8.64. The van der Waals surface area contributed by atoms with Crippen molar-refractivity contribution in [2.45, 2.75) is 19.4 Å². The Hall–Kier alpha value is -2.47. The molecular formula is C20H23F2N3O. The molecule has 6 heteroatoms. The van der Waals surface area contributed by atoms with E-state index >= 15 is 0 Å². The molecule has 2 aromatic rings. The average Bonchev–Trinajstić information content (AvgIpc) is 2.66. The van der Waals surface area contributed by atoms with E-state index in [1.165, 1.54) is 12.1 Å². The minimum atomic E-state index is -2.83. The van der Waals surface area contributed by atoms with Crippen LogP contribution in [0.5, 0.6) is 0 Å². The average molecular weight is 359 g/mol. The first-order valence-electron chi connectivity index (χ1n) is 8.64. The number of rotatable bonds is 5. The fourth-order valence-corrected chi connectivity index (χ4v) is 2.84. The van der Waals surface area contributed by atoms with E-state index in [9.17, 15) is 8.78 Å². The van der Waals surface area contributed by atoms with E-state index in [1.54, 1.807) is 12.1 Å². The quantitative estimate of drug-likeness (QED) is 0.656. The third-order valence-corrected chi connectivity index (χ3v) is 4.43. The van der Waals surface area contributed by atoms with Gasteiger partial charge in [0, 0.05) is 36.8 Å². The number of hydrogen-bond donors (Lipinski definition) is 1. The van der Waals surface area contributed by atoms with Gasteiger partial charge >= 0.3 is 0 Å². The zero-order valence-electron chi connectivity index (χ0n) is 14.8. The summed E-state index contributed by atoms with van der Waals surface area (Å²) in [5, 5.41) is 0. The molecule has 3 rings (SSSR count). The fraction of sp³-hybridized carbons (Fsp3) is 0.350. The van der Waals surface area contributed by atoms with Crippen molar-refractivity contribution in [3.05, 3.63) is 65.2 Å². The summed E-state index contributed by atoms with van der Waals surface area (Å²) in [6.45, 7) is 4.50. The maximum atomic E-state index is 13.2. The van der Waals surface area contributed by atoms with Gasteiger partial charge < -0.3 is 15.4 Å². The van der Waals surface area contributed by atoms with Crippen LogP contribution in [0.25, 0.3) is 0 Å². The molecule has 4 nitrogen and oxygen atoms in total. The Balaban J connectivity index is 1.64. The van der Waals surface area contributed by atoms with Gasteiger partial charge in [0.1, 0.15) is 5.84 Å². The summed E-state index contributed by atoms with van der Waals surface area (Å²) in [5.41, 5.74) is 8.89. The molecule has 0 bridgehead atoms. The van der Waals surface area contributed by atoms with Crippen LogP contribution in [0, 0.1) is 0 Å². The summed E-state index contributed by atoms with van der Waals surface area (Å²) in [7, 11) is 0. The van der Waals surface area contributed by atoms with Crippen LogP contribution in [0.4, 0.5) is 14.5 Å². The largest absolute Gasteiger partial charge is 0.383 e. The molecule has 1 saturated heterocycles. The van der Waals surface area contributed by atoms with Crippen molar-refractivity contribution in [1.82, 2.24) is 0 Å². The lowest BCUT2D eigenvalue weighted by Crippen LogP contribution is -2.36. The number of amidine groups is 1. The van der Waals surface area contributed by atoms with Gasteiger partial charge in [0.15, 0.2) is 0 Å². The number of ether oxygens (including phenoxy) is 1. The SMILES string of the molecule is CC(F)(F)c1ccc(CN=C(N)c2ccc(N3CCOCC3)cc2)cc1. The van der Waals surface area contributed by atoms with Crippen molar-refractivity contribution in [2.24, 2.45) is 10.7 Å². The molecule has 0 saturated carbocycles. The molecule has 1 heterocycles. The van der Waals surface area contributed by atoms with E-state index in [-0.39, 0.29) is 5.56 Å². The van der Waals surface area contributed by atoms with Crippen LogP contribution in [-0.4, -0.2) is 32.1 Å². The second-order valence-electron chi connectivity index (χ2n) is 6.43. The normalized spacial score (nSPS) is 16.0. The number of alkyl halides is 2. The number of hydrogen-bond acceptors (Lipinski definition) is 3. The summed E-state index contributed by atoms with van der Waals surface area (Å²) >= 11 is 0. The van der Waals surface area contributed by atoms with E-state index < -0.39 is 5.92 Å². The number of halogens is 2. The highest BCUT2D eigenvalue weighted by Crippen LogP contribution is 2.26. The molecule has 2 N–H and O–H groups in total. The molecule has 0 spiro atoms. The Morgan fingerprint density at radius 2 is 1.69 bits per heavy atom. The van der Waals surface area contributed by atoms with E-state index in [1.807, 2.05) is 24.3 Å². The summed E-state index contributed by atoms with van der Waals surface area (Å²) in [6, 6.07) is 14.1. The second kappa shape index (κ2) is 7.83. The highest BCUT2D eigenvalue weighted by atomic mass is 19.3. The predicted molar refractivity (Wildman–Crippen MR) is 99.9 cm³/mol. The van der Waals surface area contributed by atoms with Crippen LogP contribution in [0.15, 0.2) is 53.5 Å². The van der Waals surface area contributed by atoms with Crippen molar-refractivity contribution in [3.8, 4) is 0 Å². The second-order valence-corrected chi connectivity index (χ2v) is 6.43. The lowest BCUT2D eigenvalue weighted by Gasteiger charge is -2.28. The van der Waals surface area contributed by atoms with Crippen LogP contribution in [0.1, 0.15) is 23.6 Å². The first-order chi connectivity index (χ1) is 12.4. The predicted octanol–water partition coefficient (Wildman–Crippen LogP) is 3.54. The number of anilines is 1. The third kappa shape index (κ3) is 4.58. The summed E-state index contributed by atoms with van der Waals surface area (Å²) in [6.07, 6.45) is 0. The standard InChI is InChI=1S/C20H23F2N3O/c1-20(21,22)17-6-2-15(3-7-17)14-24-19(23)16-4-8-18(9-5-16)25-10-12-26-13-11-25/h2-9H,10-14H2,1H3,(H2,23,24). The third-order valence-electron chi connectivity index (χ3n) is 4.43. The number of benzene rings is 2. The Morgan fingerprint density at radius 1 is 1.08 bits per heavy atom. The smallest absolute Gasteiger partial charge is 0.270 e. The minimum Gasteiger partial charge on any atom is -0.383 e. The monoisotopic (exact) mass is 359 g/mol. The molecule has 0 aliphatic carbocycles. The maximum absolute atomic E-state index is 13.2. The molecule has 26 heavy (non-hydrogen) atoms. The molecule has 0 unspecified atom stereocenters. The summed E-state index contributed by atoms with van der Waals surface area (Å²) in [5.74, 6) is -2.40. The lowest BCUT2D eigenvalue weighted by atomic mass is 10.1. The van der Waals surface area contributed by atoms with Crippen molar-refractivity contribution in [1.29, 1.82) is 0 Å². The Labute approximate surface area is 152 Å². The van der Waals surface area contributed by atoms with Crippen LogP contribution in [0.2, 0.25) is 0 Å². The molecule has 0 atom stereocenters. The molecule has 0 radical (unpaired) electrons. The highest BCUT2D eigenvalue weighted by molar-refractivity contribution is 5.97. The summed E-state index contributed by atoms with van der Waals surface area (Å²) in [4.78, 5) is 6.64. The van der Waals surface area contributed by atoms with Gasteiger partial charge in [-0.2, -0.15) is 0 Å². The van der Waals surface area contributed by atoms with Gasteiger partial charge in [0.05, 0.1) is 19.8 Å². The Bertz CT molecular complexity index is 746. The number of nitrogens with zero attached hydrogens (tertiary/aromatic N) is 2. The maximum Gasteiger partial charge on any atom is 0.270 e. The van der Waals surface area contributed by atoms with Gasteiger partial charge in [-0.15, -0.1) is 0 Å². The first kappa shape index (κ1) is 18.3. The highest BCUT2D eigenvalue weighted by Gasteiger charge is 2.23. The Kier molecular flexibility index (Phi) is 5.52. The Morgan fingerprint density at radius 3 is 2.27 bits per heavy atom. The fourth-order valence-electron chi connectivity index (χ4n) is 2.84. The molecule has 0 amide bonds. The van der Waals surface area contributed by atoms with Gasteiger partial charge in [-0.25, -0.2) is 8.78 Å². The molecule has 1 aliphatic rings. The van der Waals surface area contributed by atoms with E-state index in [0.29, 0.717) is 12.4 Å². The lowest BCUT2D eigenvalue weighted by molar-refractivity contribution is 0.0174. The van der Waals surface area contributed by atoms with Gasteiger partial charge in [-0.1, -0.05) is 24.3 Å². The molecule has 0 aromatic heterocycles. The minimum absolute atomic E-state index is 0.00287. The van der Waals surface area contributed by atoms with Gasteiger partial charge in [-0.05, 0) is 29.8 Å². The van der Waals surface area contributed by atoms with Crippen molar-refractivity contribution < 1.29 is 13.5 Å². The summed E-state index contributed by atoms with van der Waals surface area (Å²) < 4.78 is 31.8. The van der Waals surface area contributed by atoms with Crippen LogP contribution < -0.4 is 10.6 Å². The molecule has 1 fully saturated rings. The van der Waals surface area contributed by atoms with Crippen LogP contribution in [-0.2, 0) is 17.2 Å². The number of morpholine rings is 1. The van der Waals surface area contributed by atoms with E-state index in [4.69, 9.17) is 10.5 Å². The molecule has 1 aliphatic heterocycles. The van der Waals surface area contributed by atoms with Crippen LogP contribution >= 0.6 is 0 Å².